The zero-order valence-electron chi connectivity index (χ0n) is 9.21. The fourth-order valence-corrected chi connectivity index (χ4v) is 1.76. The molecule has 1 heterocycles. The predicted octanol–water partition coefficient (Wildman–Crippen LogP) is 1.40. The van der Waals surface area contributed by atoms with Gasteiger partial charge in [-0.25, -0.2) is 0 Å². The van der Waals surface area contributed by atoms with Gasteiger partial charge in [0.05, 0.1) is 6.10 Å². The van der Waals surface area contributed by atoms with Crippen LogP contribution in [0.15, 0.2) is 0 Å². The Bertz CT molecular complexity index is 179. The summed E-state index contributed by atoms with van der Waals surface area (Å²) >= 11 is 0. The molecule has 2 N–H and O–H groups in total. The molecular weight excluding hydrogens is 194 g/mol. The van der Waals surface area contributed by atoms with E-state index in [1.807, 2.05) is 0 Å². The topological polar surface area (TPSA) is 58.6 Å². The number of unbranched alkanes of at least 4 members (excludes halogenated alkanes) is 1. The van der Waals surface area contributed by atoms with Crippen LogP contribution in [0.25, 0.3) is 0 Å². The van der Waals surface area contributed by atoms with Gasteiger partial charge in [0.1, 0.15) is 0 Å². The number of hydrogen-bond donors (Lipinski definition) is 2. The Balaban J connectivity index is 1.85. The van der Waals surface area contributed by atoms with E-state index in [-0.39, 0.29) is 6.42 Å². The van der Waals surface area contributed by atoms with E-state index in [0.29, 0.717) is 6.10 Å². The zero-order chi connectivity index (χ0) is 10.9. The van der Waals surface area contributed by atoms with Crippen molar-refractivity contribution < 1.29 is 14.6 Å². The molecule has 0 aliphatic carbocycles. The van der Waals surface area contributed by atoms with Gasteiger partial charge in [-0.3, -0.25) is 4.79 Å². The second-order valence-electron chi connectivity index (χ2n) is 4.04. The first-order valence-electron chi connectivity index (χ1n) is 5.83. The number of carboxylic acids is 1. The minimum atomic E-state index is -0.703. The third-order valence-corrected chi connectivity index (χ3v) is 2.64. The van der Waals surface area contributed by atoms with E-state index in [0.717, 1.165) is 39.0 Å². The highest BCUT2D eigenvalue weighted by Crippen LogP contribution is 2.11. The SMILES string of the molecule is O=C(O)CCCCNCC1CCCCO1. The number of carboxylic acid groups (broad SMARTS) is 1. The Kier molecular flexibility index (Phi) is 6.36. The van der Waals surface area contributed by atoms with E-state index in [1.165, 1.54) is 12.8 Å². The van der Waals surface area contributed by atoms with Gasteiger partial charge in [-0.1, -0.05) is 0 Å². The lowest BCUT2D eigenvalue weighted by Gasteiger charge is -2.22. The Labute approximate surface area is 91.0 Å². The molecule has 0 aromatic heterocycles. The molecule has 0 spiro atoms. The molecule has 0 aromatic carbocycles. The van der Waals surface area contributed by atoms with Crippen molar-refractivity contribution in [1.82, 2.24) is 5.32 Å². The van der Waals surface area contributed by atoms with E-state index in [2.05, 4.69) is 5.32 Å². The van der Waals surface area contributed by atoms with Crippen LogP contribution in [0.4, 0.5) is 0 Å². The lowest BCUT2D eigenvalue weighted by Crippen LogP contribution is -2.32. The number of carbonyl (C=O) groups is 1. The molecule has 1 saturated heterocycles. The molecule has 0 radical (unpaired) electrons. The van der Waals surface area contributed by atoms with E-state index in [1.54, 1.807) is 0 Å². The third-order valence-electron chi connectivity index (χ3n) is 2.64. The zero-order valence-corrected chi connectivity index (χ0v) is 9.21. The first kappa shape index (κ1) is 12.5. The summed E-state index contributed by atoms with van der Waals surface area (Å²) in [7, 11) is 0. The van der Waals surface area contributed by atoms with E-state index in [9.17, 15) is 4.79 Å². The van der Waals surface area contributed by atoms with Gasteiger partial charge in [0.2, 0.25) is 0 Å². The summed E-state index contributed by atoms with van der Waals surface area (Å²) in [6, 6.07) is 0. The fraction of sp³-hybridized carbons (Fsp3) is 0.909. The van der Waals surface area contributed by atoms with Crippen molar-refractivity contribution in [3.8, 4) is 0 Å². The monoisotopic (exact) mass is 215 g/mol. The normalized spacial score (nSPS) is 21.5. The molecule has 1 aliphatic rings. The average Bonchev–Trinajstić information content (AvgIpc) is 2.24. The molecule has 1 aliphatic heterocycles. The van der Waals surface area contributed by atoms with Crippen LogP contribution in [-0.2, 0) is 9.53 Å². The number of rotatable bonds is 7. The van der Waals surface area contributed by atoms with Gasteiger partial charge in [0, 0.05) is 19.6 Å². The predicted molar refractivity (Wildman–Crippen MR) is 57.9 cm³/mol. The van der Waals surface area contributed by atoms with Gasteiger partial charge in [-0.15, -0.1) is 0 Å². The molecule has 15 heavy (non-hydrogen) atoms. The number of ether oxygens (including phenoxy) is 1. The molecule has 0 aromatic rings. The van der Waals surface area contributed by atoms with Crippen molar-refractivity contribution in [3.05, 3.63) is 0 Å². The van der Waals surface area contributed by atoms with E-state index in [4.69, 9.17) is 9.84 Å². The summed E-state index contributed by atoms with van der Waals surface area (Å²) in [4.78, 5) is 10.2. The number of nitrogens with one attached hydrogen (secondary N) is 1. The first-order chi connectivity index (χ1) is 7.29. The molecule has 1 fully saturated rings. The van der Waals surface area contributed by atoms with Crippen molar-refractivity contribution in [1.29, 1.82) is 0 Å². The highest BCUT2D eigenvalue weighted by Gasteiger charge is 2.12. The molecule has 4 heteroatoms. The Morgan fingerprint density at radius 3 is 2.93 bits per heavy atom. The Morgan fingerprint density at radius 1 is 1.40 bits per heavy atom. The molecule has 0 saturated carbocycles. The minimum absolute atomic E-state index is 0.279. The highest BCUT2D eigenvalue weighted by molar-refractivity contribution is 5.66. The summed E-state index contributed by atoms with van der Waals surface area (Å²) < 4.78 is 5.57. The van der Waals surface area contributed by atoms with Gasteiger partial charge in [-0.2, -0.15) is 0 Å². The minimum Gasteiger partial charge on any atom is -0.481 e. The molecule has 88 valence electrons. The number of hydrogen-bond acceptors (Lipinski definition) is 3. The maximum atomic E-state index is 10.2. The van der Waals surface area contributed by atoms with Gasteiger partial charge < -0.3 is 15.2 Å². The lowest BCUT2D eigenvalue weighted by molar-refractivity contribution is -0.137. The second-order valence-corrected chi connectivity index (χ2v) is 4.04. The average molecular weight is 215 g/mol. The van der Waals surface area contributed by atoms with E-state index >= 15 is 0 Å². The summed E-state index contributed by atoms with van der Waals surface area (Å²) in [6.07, 6.45) is 5.95. The van der Waals surface area contributed by atoms with Crippen molar-refractivity contribution >= 4 is 5.97 Å². The third kappa shape index (κ3) is 6.47. The van der Waals surface area contributed by atoms with Crippen LogP contribution in [0.5, 0.6) is 0 Å². The molecule has 0 amide bonds. The van der Waals surface area contributed by atoms with Crippen LogP contribution in [0.1, 0.15) is 38.5 Å². The van der Waals surface area contributed by atoms with Crippen molar-refractivity contribution in [2.75, 3.05) is 19.7 Å². The van der Waals surface area contributed by atoms with Gasteiger partial charge >= 0.3 is 5.97 Å². The maximum Gasteiger partial charge on any atom is 0.303 e. The van der Waals surface area contributed by atoms with E-state index < -0.39 is 5.97 Å². The quantitative estimate of drug-likeness (QED) is 0.630. The van der Waals surface area contributed by atoms with Gasteiger partial charge in [0.15, 0.2) is 0 Å². The largest absolute Gasteiger partial charge is 0.481 e. The Morgan fingerprint density at radius 2 is 2.27 bits per heavy atom. The number of aliphatic carboxylic acids is 1. The van der Waals surface area contributed by atoms with Crippen molar-refractivity contribution in [2.45, 2.75) is 44.6 Å². The first-order valence-corrected chi connectivity index (χ1v) is 5.83. The van der Waals surface area contributed by atoms with Crippen LogP contribution in [-0.4, -0.2) is 36.9 Å². The molecule has 1 atom stereocenters. The molecule has 1 unspecified atom stereocenters. The van der Waals surface area contributed by atoms with Crippen LogP contribution in [0.2, 0.25) is 0 Å². The lowest BCUT2D eigenvalue weighted by atomic mass is 10.1. The van der Waals surface area contributed by atoms with Crippen LogP contribution in [0, 0.1) is 0 Å². The van der Waals surface area contributed by atoms with Crippen molar-refractivity contribution in [3.63, 3.8) is 0 Å². The fourth-order valence-electron chi connectivity index (χ4n) is 1.76. The summed E-state index contributed by atoms with van der Waals surface area (Å²) in [5, 5.41) is 11.7. The molecule has 4 nitrogen and oxygen atoms in total. The van der Waals surface area contributed by atoms with Crippen LogP contribution < -0.4 is 5.32 Å². The van der Waals surface area contributed by atoms with Crippen LogP contribution in [0.3, 0.4) is 0 Å². The maximum absolute atomic E-state index is 10.2. The standard InChI is InChI=1S/C11H21NO3/c13-11(14)6-1-3-7-12-9-10-5-2-4-8-15-10/h10,12H,1-9H2,(H,13,14). The Hall–Kier alpha value is -0.610. The molecule has 1 rings (SSSR count). The smallest absolute Gasteiger partial charge is 0.303 e. The molecular formula is C11H21NO3. The second kappa shape index (κ2) is 7.65. The van der Waals surface area contributed by atoms with Gasteiger partial charge in [-0.05, 0) is 38.6 Å². The summed E-state index contributed by atoms with van der Waals surface area (Å²) in [5.74, 6) is -0.703. The summed E-state index contributed by atoms with van der Waals surface area (Å²) in [6.45, 7) is 2.70. The van der Waals surface area contributed by atoms with Crippen LogP contribution >= 0.6 is 0 Å². The van der Waals surface area contributed by atoms with Crippen molar-refractivity contribution in [2.24, 2.45) is 0 Å². The highest BCUT2D eigenvalue weighted by atomic mass is 16.5. The molecule has 0 bridgehead atoms. The summed E-state index contributed by atoms with van der Waals surface area (Å²) in [5.41, 5.74) is 0. The van der Waals surface area contributed by atoms with Gasteiger partial charge in [0.25, 0.3) is 0 Å².